The van der Waals surface area contributed by atoms with Gasteiger partial charge >= 0.3 is 6.01 Å². The molecule has 14 heteroatoms. The second kappa shape index (κ2) is 11.9. The molecule has 1 aliphatic carbocycles. The lowest BCUT2D eigenvalue weighted by Gasteiger charge is -2.33. The molecule has 230 valence electrons. The van der Waals surface area contributed by atoms with E-state index in [1.165, 1.54) is 11.3 Å². The van der Waals surface area contributed by atoms with E-state index in [-0.39, 0.29) is 35.7 Å². The Balaban J connectivity index is 1.38. The second-order valence-electron chi connectivity index (χ2n) is 12.0. The van der Waals surface area contributed by atoms with E-state index in [2.05, 4.69) is 28.0 Å². The Morgan fingerprint density at radius 2 is 2.02 bits per heavy atom. The number of thiophene rings is 1. The molecule has 0 amide bonds. The van der Waals surface area contributed by atoms with Crippen molar-refractivity contribution in [3.05, 3.63) is 21.9 Å². The smallest absolute Gasteiger partial charge is 0.322 e. The zero-order valence-corrected chi connectivity index (χ0v) is 25.9. The predicted molar refractivity (Wildman–Crippen MR) is 159 cm³/mol. The monoisotopic (exact) mass is 611 g/mol. The van der Waals surface area contributed by atoms with Gasteiger partial charge in [0, 0.05) is 43.2 Å². The number of fused-ring (bicyclic) bond motifs is 1. The maximum atomic E-state index is 14.1. The Kier molecular flexibility index (Phi) is 8.23. The van der Waals surface area contributed by atoms with Crippen LogP contribution in [-0.2, 0) is 16.8 Å². The first-order chi connectivity index (χ1) is 20.7. The lowest BCUT2D eigenvalue weighted by molar-refractivity contribution is -0.0178. The van der Waals surface area contributed by atoms with Gasteiger partial charge in [-0.15, -0.1) is 11.3 Å². The molecule has 0 spiro atoms. The highest BCUT2D eigenvalue weighted by Gasteiger charge is 2.47. The van der Waals surface area contributed by atoms with E-state index >= 15 is 0 Å². The standard InChI is InChI=1S/C29H38FN9O3S/c1-16-8-5-6-11-39(14-16)27-34-24(35-28(36-27)41-17(2)20-12-18(30)15-38(20)3)25-33-26(42-37-25)29(40-4)10-7-9-21-22(29)19(13-31)23(32)43-21/h16-18,20H,5-12,14-15,32H2,1-4H3/t16-,17-,18+,20?,29-/m0/s1. The largest absolute Gasteiger partial charge is 0.459 e. The fourth-order valence-electron chi connectivity index (χ4n) is 6.75. The minimum atomic E-state index is -1.11. The van der Waals surface area contributed by atoms with Crippen molar-refractivity contribution in [2.75, 3.05) is 44.4 Å². The van der Waals surface area contributed by atoms with Crippen molar-refractivity contribution in [1.29, 1.82) is 5.26 Å². The lowest BCUT2D eigenvalue weighted by Crippen LogP contribution is -2.38. The highest BCUT2D eigenvalue weighted by molar-refractivity contribution is 7.16. The molecular weight excluding hydrogens is 573 g/mol. The van der Waals surface area contributed by atoms with Crippen LogP contribution in [0.2, 0.25) is 0 Å². The molecule has 2 fully saturated rings. The number of likely N-dealkylation sites (N-methyl/N-ethyl adjacent to an activating group) is 1. The fourth-order valence-corrected chi connectivity index (χ4v) is 7.88. The summed E-state index contributed by atoms with van der Waals surface area (Å²) in [5.74, 6) is 1.53. The number of ether oxygens (including phenoxy) is 2. The molecule has 0 bridgehead atoms. The third-order valence-corrected chi connectivity index (χ3v) is 10.0. The van der Waals surface area contributed by atoms with Crippen LogP contribution in [0.5, 0.6) is 6.01 Å². The second-order valence-corrected chi connectivity index (χ2v) is 13.1. The third-order valence-electron chi connectivity index (χ3n) is 8.95. The molecule has 43 heavy (non-hydrogen) atoms. The number of anilines is 2. The number of alkyl halides is 1. The van der Waals surface area contributed by atoms with Crippen LogP contribution in [0.15, 0.2) is 4.52 Å². The quantitative estimate of drug-likeness (QED) is 0.409. The van der Waals surface area contributed by atoms with Gasteiger partial charge in [-0.3, -0.25) is 4.90 Å². The van der Waals surface area contributed by atoms with Gasteiger partial charge in [-0.25, -0.2) is 4.39 Å². The van der Waals surface area contributed by atoms with Gasteiger partial charge in [0.1, 0.15) is 23.3 Å². The van der Waals surface area contributed by atoms with Crippen molar-refractivity contribution in [2.45, 2.75) is 82.7 Å². The first kappa shape index (κ1) is 29.7. The number of nitriles is 1. The van der Waals surface area contributed by atoms with E-state index in [0.29, 0.717) is 47.4 Å². The molecule has 0 aromatic carbocycles. The van der Waals surface area contributed by atoms with Crippen LogP contribution in [0.25, 0.3) is 11.6 Å². The number of nitrogens with zero attached hydrogens (tertiary/aromatic N) is 8. The number of hydrogen-bond acceptors (Lipinski definition) is 13. The van der Waals surface area contributed by atoms with Gasteiger partial charge in [-0.1, -0.05) is 18.5 Å². The van der Waals surface area contributed by atoms with E-state index in [1.807, 2.05) is 18.9 Å². The van der Waals surface area contributed by atoms with Crippen LogP contribution in [0.4, 0.5) is 15.3 Å². The predicted octanol–water partition coefficient (Wildman–Crippen LogP) is 4.10. The molecule has 2 saturated heterocycles. The Morgan fingerprint density at radius 3 is 2.77 bits per heavy atom. The van der Waals surface area contributed by atoms with Crippen LogP contribution in [0.1, 0.15) is 74.3 Å². The number of halogens is 1. The minimum absolute atomic E-state index is 0.108. The summed E-state index contributed by atoms with van der Waals surface area (Å²) in [4.78, 5) is 23.9. The normalized spacial score (nSPS) is 27.0. The number of nitrogens with two attached hydrogens (primary N) is 1. The summed E-state index contributed by atoms with van der Waals surface area (Å²) >= 11 is 1.40. The van der Waals surface area contributed by atoms with Crippen LogP contribution in [-0.4, -0.2) is 82.1 Å². The summed E-state index contributed by atoms with van der Waals surface area (Å²) in [6.07, 6.45) is 4.59. The van der Waals surface area contributed by atoms with Crippen molar-refractivity contribution in [3.63, 3.8) is 0 Å². The first-order valence-corrected chi connectivity index (χ1v) is 15.8. The van der Waals surface area contributed by atoms with Gasteiger partial charge in [-0.2, -0.15) is 25.2 Å². The van der Waals surface area contributed by atoms with Crippen LogP contribution >= 0.6 is 11.3 Å². The summed E-state index contributed by atoms with van der Waals surface area (Å²) in [5.41, 5.74) is 6.18. The molecule has 2 N–H and O–H groups in total. The highest BCUT2D eigenvalue weighted by atomic mass is 32.1. The van der Waals surface area contributed by atoms with E-state index in [0.717, 1.165) is 50.1 Å². The van der Waals surface area contributed by atoms with Gasteiger partial charge in [0.05, 0.1) is 5.56 Å². The van der Waals surface area contributed by atoms with Gasteiger partial charge in [0.25, 0.3) is 5.89 Å². The van der Waals surface area contributed by atoms with Gasteiger partial charge in [0.15, 0.2) is 5.60 Å². The summed E-state index contributed by atoms with van der Waals surface area (Å²) in [6, 6.07) is 2.26. The van der Waals surface area contributed by atoms with Crippen LogP contribution < -0.4 is 15.4 Å². The van der Waals surface area contributed by atoms with Gasteiger partial charge < -0.3 is 24.6 Å². The molecule has 2 aliphatic heterocycles. The van der Waals surface area contributed by atoms with Crippen molar-refractivity contribution in [3.8, 4) is 23.7 Å². The van der Waals surface area contributed by atoms with Crippen molar-refractivity contribution < 1.29 is 18.4 Å². The molecule has 3 aromatic rings. The Hall–Kier alpha value is -3.41. The summed E-state index contributed by atoms with van der Waals surface area (Å²) in [5, 5.41) is 14.6. The number of rotatable bonds is 7. The minimum Gasteiger partial charge on any atom is -0.459 e. The Morgan fingerprint density at radius 1 is 1.19 bits per heavy atom. The maximum absolute atomic E-state index is 14.1. The van der Waals surface area contributed by atoms with Crippen LogP contribution in [0, 0.1) is 17.2 Å². The SMILES string of the molecule is CO[C@@]1(c2nc(-c3nc(O[C@@H](C)C4C[C@@H](F)CN4C)nc(N4CCCC[C@H](C)C4)n3)no2)CCCc2sc(N)c(C#N)c21. The molecule has 5 atom stereocenters. The molecule has 3 aliphatic rings. The number of aryl methyl sites for hydroxylation is 1. The number of nitrogen functional groups attached to an aromatic ring is 1. The Bertz CT molecular complexity index is 1510. The lowest BCUT2D eigenvalue weighted by atomic mass is 9.80. The van der Waals surface area contributed by atoms with Crippen molar-refractivity contribution >= 4 is 22.3 Å². The van der Waals surface area contributed by atoms with Gasteiger partial charge in [-0.05, 0) is 58.4 Å². The molecule has 0 saturated carbocycles. The number of aromatic nitrogens is 5. The molecule has 0 radical (unpaired) electrons. The number of methoxy groups -OCH3 is 1. The van der Waals surface area contributed by atoms with E-state index in [4.69, 9.17) is 34.7 Å². The average Bonchev–Trinajstić information content (AvgIpc) is 3.66. The molecule has 1 unspecified atom stereocenters. The molecule has 3 aromatic heterocycles. The zero-order valence-electron chi connectivity index (χ0n) is 25.0. The average molecular weight is 612 g/mol. The highest BCUT2D eigenvalue weighted by Crippen LogP contribution is 2.49. The topological polar surface area (TPSA) is 152 Å². The number of hydrogen-bond donors (Lipinski definition) is 1. The van der Waals surface area contributed by atoms with E-state index in [1.54, 1.807) is 7.11 Å². The van der Waals surface area contributed by atoms with E-state index < -0.39 is 11.8 Å². The van der Waals surface area contributed by atoms with E-state index in [9.17, 15) is 9.65 Å². The van der Waals surface area contributed by atoms with Crippen molar-refractivity contribution in [2.24, 2.45) is 5.92 Å². The Labute approximate surface area is 254 Å². The molecular formula is C29H38FN9O3S. The zero-order chi connectivity index (χ0) is 30.3. The summed E-state index contributed by atoms with van der Waals surface area (Å²) in [6.45, 7) is 6.11. The summed E-state index contributed by atoms with van der Waals surface area (Å²) < 4.78 is 32.3. The summed E-state index contributed by atoms with van der Waals surface area (Å²) in [7, 11) is 3.47. The molecule has 12 nitrogen and oxygen atoms in total. The maximum Gasteiger partial charge on any atom is 0.322 e. The number of likely N-dealkylation sites (tertiary alicyclic amines) is 1. The van der Waals surface area contributed by atoms with Gasteiger partial charge in [0.2, 0.25) is 17.6 Å². The fraction of sp³-hybridized carbons (Fsp3) is 0.655. The van der Waals surface area contributed by atoms with Crippen LogP contribution in [0.3, 0.4) is 0 Å². The molecule has 5 heterocycles. The first-order valence-electron chi connectivity index (χ1n) is 15.0. The molecule has 6 rings (SSSR count). The third kappa shape index (κ3) is 5.54. The van der Waals surface area contributed by atoms with Crippen molar-refractivity contribution in [1.82, 2.24) is 30.0 Å².